The minimum Gasteiger partial charge on any atom is -0.454 e. The van der Waals surface area contributed by atoms with Crippen LogP contribution in [-0.2, 0) is 9.59 Å². The Morgan fingerprint density at radius 1 is 1.35 bits per heavy atom. The van der Waals surface area contributed by atoms with Crippen LogP contribution in [0.4, 0.5) is 10.8 Å². The molecule has 4 rings (SSSR count). The number of carbonyl (C=O) groups excluding carboxylic acids is 2. The molecular formula is C14H12N4O4S. The fraction of sp³-hybridized carbons (Fsp3) is 0.286. The van der Waals surface area contributed by atoms with Gasteiger partial charge in [0.1, 0.15) is 5.51 Å². The van der Waals surface area contributed by atoms with Gasteiger partial charge in [-0.1, -0.05) is 11.3 Å². The van der Waals surface area contributed by atoms with Crippen molar-refractivity contribution in [3.63, 3.8) is 0 Å². The van der Waals surface area contributed by atoms with Gasteiger partial charge in [0.25, 0.3) is 0 Å². The summed E-state index contributed by atoms with van der Waals surface area (Å²) in [5, 5.41) is 10.5. The molecule has 0 unspecified atom stereocenters. The molecule has 3 heterocycles. The monoisotopic (exact) mass is 332 g/mol. The van der Waals surface area contributed by atoms with Crippen molar-refractivity contribution < 1.29 is 19.1 Å². The van der Waals surface area contributed by atoms with Gasteiger partial charge in [0.2, 0.25) is 23.7 Å². The van der Waals surface area contributed by atoms with Crippen molar-refractivity contribution in [1.29, 1.82) is 0 Å². The summed E-state index contributed by atoms with van der Waals surface area (Å²) in [4.78, 5) is 26.1. The molecular weight excluding hydrogens is 320 g/mol. The van der Waals surface area contributed by atoms with Gasteiger partial charge in [-0.3, -0.25) is 9.59 Å². The average Bonchev–Trinajstić information content (AvgIpc) is 3.26. The van der Waals surface area contributed by atoms with Crippen molar-refractivity contribution in [2.24, 2.45) is 5.92 Å². The highest BCUT2D eigenvalue weighted by Crippen LogP contribution is 2.37. The lowest BCUT2D eigenvalue weighted by Crippen LogP contribution is -2.28. The zero-order chi connectivity index (χ0) is 15.8. The summed E-state index contributed by atoms with van der Waals surface area (Å²) in [6, 6.07) is 5.31. The van der Waals surface area contributed by atoms with E-state index < -0.39 is 5.92 Å². The van der Waals surface area contributed by atoms with E-state index in [9.17, 15) is 9.59 Å². The van der Waals surface area contributed by atoms with Crippen LogP contribution in [-0.4, -0.2) is 35.3 Å². The molecule has 0 aliphatic carbocycles. The van der Waals surface area contributed by atoms with E-state index in [0.29, 0.717) is 28.9 Å². The highest BCUT2D eigenvalue weighted by atomic mass is 32.1. The number of nitrogens with zero attached hydrogens (tertiary/aromatic N) is 3. The first kappa shape index (κ1) is 13.9. The molecule has 9 heteroatoms. The fourth-order valence-corrected chi connectivity index (χ4v) is 3.07. The molecule has 2 amide bonds. The van der Waals surface area contributed by atoms with Crippen LogP contribution in [0.5, 0.6) is 11.5 Å². The minimum absolute atomic E-state index is 0.0960. The van der Waals surface area contributed by atoms with E-state index in [4.69, 9.17) is 9.47 Å². The Bertz CT molecular complexity index is 764. The van der Waals surface area contributed by atoms with Crippen molar-refractivity contribution >= 4 is 34.0 Å². The van der Waals surface area contributed by atoms with Crippen LogP contribution >= 0.6 is 11.3 Å². The van der Waals surface area contributed by atoms with Gasteiger partial charge in [-0.05, 0) is 12.1 Å². The number of rotatable bonds is 3. The van der Waals surface area contributed by atoms with Gasteiger partial charge >= 0.3 is 0 Å². The standard InChI is InChI=1S/C14H12N4O4S/c19-12-3-8(13(20)16-14-17-15-6-23-14)5-18(12)9-1-2-10-11(4-9)22-7-21-10/h1-2,4,6,8H,3,5,7H2,(H,16,17,20)/t8-/m0/s1. The molecule has 0 saturated carbocycles. The van der Waals surface area contributed by atoms with Crippen LogP contribution in [0.2, 0.25) is 0 Å². The number of carbonyl (C=O) groups is 2. The molecule has 1 aromatic heterocycles. The zero-order valence-corrected chi connectivity index (χ0v) is 12.7. The summed E-state index contributed by atoms with van der Waals surface area (Å²) < 4.78 is 10.6. The number of ether oxygens (including phenoxy) is 2. The predicted molar refractivity (Wildman–Crippen MR) is 81.6 cm³/mol. The number of fused-ring (bicyclic) bond motifs is 1. The van der Waals surface area contributed by atoms with Crippen molar-refractivity contribution in [2.75, 3.05) is 23.6 Å². The number of hydrogen-bond donors (Lipinski definition) is 1. The number of amides is 2. The maximum Gasteiger partial charge on any atom is 0.231 e. The van der Waals surface area contributed by atoms with E-state index in [2.05, 4.69) is 15.5 Å². The maximum absolute atomic E-state index is 12.2. The van der Waals surface area contributed by atoms with Gasteiger partial charge in [0.15, 0.2) is 11.5 Å². The summed E-state index contributed by atoms with van der Waals surface area (Å²) in [6.07, 6.45) is 0.166. The molecule has 2 aliphatic rings. The van der Waals surface area contributed by atoms with Crippen molar-refractivity contribution in [3.8, 4) is 11.5 Å². The first-order chi connectivity index (χ1) is 11.2. The van der Waals surface area contributed by atoms with Gasteiger partial charge in [0.05, 0.1) is 5.92 Å². The second kappa shape index (κ2) is 5.51. The summed E-state index contributed by atoms with van der Waals surface area (Å²) >= 11 is 1.24. The Labute approximate surface area is 135 Å². The van der Waals surface area contributed by atoms with Crippen LogP contribution in [0, 0.1) is 5.92 Å². The molecule has 118 valence electrons. The summed E-state index contributed by atoms with van der Waals surface area (Å²) in [5.41, 5.74) is 2.24. The minimum atomic E-state index is -0.420. The highest BCUT2D eigenvalue weighted by molar-refractivity contribution is 7.13. The number of benzene rings is 1. The third kappa shape index (κ3) is 2.59. The zero-order valence-electron chi connectivity index (χ0n) is 11.9. The van der Waals surface area contributed by atoms with E-state index >= 15 is 0 Å². The Hall–Kier alpha value is -2.68. The lowest BCUT2D eigenvalue weighted by Gasteiger charge is -2.16. The topological polar surface area (TPSA) is 93.7 Å². The summed E-state index contributed by atoms with van der Waals surface area (Å²) in [7, 11) is 0. The Kier molecular flexibility index (Phi) is 3.34. The molecule has 2 aromatic rings. The SMILES string of the molecule is O=C(Nc1nncs1)[C@H]1CC(=O)N(c2ccc3c(c2)OCO3)C1. The molecule has 1 atom stereocenters. The molecule has 23 heavy (non-hydrogen) atoms. The molecule has 1 saturated heterocycles. The molecule has 1 N–H and O–H groups in total. The smallest absolute Gasteiger partial charge is 0.231 e. The third-order valence-corrected chi connectivity index (χ3v) is 4.36. The quantitative estimate of drug-likeness (QED) is 0.909. The average molecular weight is 332 g/mol. The van der Waals surface area contributed by atoms with Gasteiger partial charge in [-0.25, -0.2) is 0 Å². The normalized spacial score (nSPS) is 19.2. The lowest BCUT2D eigenvalue weighted by atomic mass is 10.1. The Morgan fingerprint density at radius 2 is 2.22 bits per heavy atom. The molecule has 1 fully saturated rings. The molecule has 0 radical (unpaired) electrons. The van der Waals surface area contributed by atoms with Crippen LogP contribution < -0.4 is 19.7 Å². The summed E-state index contributed by atoms with van der Waals surface area (Å²) in [6.45, 7) is 0.503. The fourth-order valence-electron chi connectivity index (χ4n) is 2.62. The largest absolute Gasteiger partial charge is 0.454 e. The molecule has 0 bridgehead atoms. The number of anilines is 2. The van der Waals surface area contributed by atoms with Crippen molar-refractivity contribution in [1.82, 2.24) is 10.2 Å². The first-order valence-electron chi connectivity index (χ1n) is 6.98. The maximum atomic E-state index is 12.2. The summed E-state index contributed by atoms with van der Waals surface area (Å²) in [5.74, 6) is 0.527. The van der Waals surface area contributed by atoms with Gasteiger partial charge in [-0.15, -0.1) is 10.2 Å². The van der Waals surface area contributed by atoms with Gasteiger partial charge in [0, 0.05) is 24.7 Å². The van der Waals surface area contributed by atoms with Crippen molar-refractivity contribution in [2.45, 2.75) is 6.42 Å². The Morgan fingerprint density at radius 3 is 3.04 bits per heavy atom. The van der Waals surface area contributed by atoms with Crippen LogP contribution in [0.1, 0.15) is 6.42 Å². The van der Waals surface area contributed by atoms with Crippen LogP contribution in [0.25, 0.3) is 0 Å². The van der Waals surface area contributed by atoms with E-state index in [1.165, 1.54) is 16.8 Å². The van der Waals surface area contributed by atoms with Crippen LogP contribution in [0.3, 0.4) is 0 Å². The first-order valence-corrected chi connectivity index (χ1v) is 7.86. The highest BCUT2D eigenvalue weighted by Gasteiger charge is 2.36. The van der Waals surface area contributed by atoms with Gasteiger partial charge in [-0.2, -0.15) is 0 Å². The van der Waals surface area contributed by atoms with E-state index in [1.54, 1.807) is 23.1 Å². The lowest BCUT2D eigenvalue weighted by molar-refractivity contribution is -0.122. The van der Waals surface area contributed by atoms with E-state index in [1.807, 2.05) is 0 Å². The predicted octanol–water partition coefficient (Wildman–Crippen LogP) is 1.26. The Balaban J connectivity index is 1.49. The van der Waals surface area contributed by atoms with Crippen LogP contribution in [0.15, 0.2) is 23.7 Å². The van der Waals surface area contributed by atoms with Crippen molar-refractivity contribution in [3.05, 3.63) is 23.7 Å². The third-order valence-electron chi connectivity index (χ3n) is 3.75. The van der Waals surface area contributed by atoms with E-state index in [-0.39, 0.29) is 25.0 Å². The van der Waals surface area contributed by atoms with E-state index in [0.717, 1.165) is 0 Å². The second-order valence-corrected chi connectivity index (χ2v) is 6.01. The second-order valence-electron chi connectivity index (χ2n) is 5.18. The molecule has 1 aromatic carbocycles. The molecule has 0 spiro atoms. The number of nitrogens with one attached hydrogen (secondary N) is 1. The van der Waals surface area contributed by atoms with Gasteiger partial charge < -0.3 is 19.7 Å². The number of hydrogen-bond acceptors (Lipinski definition) is 7. The molecule has 2 aliphatic heterocycles. The number of aromatic nitrogens is 2. The molecule has 8 nitrogen and oxygen atoms in total.